The van der Waals surface area contributed by atoms with Crippen LogP contribution in [0.1, 0.15) is 101 Å². The molecule has 2 N–H and O–H groups in total. The molecule has 1 aromatic carbocycles. The second-order valence-electron chi connectivity index (χ2n) is 11.9. The van der Waals surface area contributed by atoms with Crippen LogP contribution in [0.15, 0.2) is 23.3 Å². The van der Waals surface area contributed by atoms with Crippen LogP contribution in [0.2, 0.25) is 0 Å². The number of fused-ring (bicyclic) bond motifs is 1. The third kappa shape index (κ3) is 10.3. The fourth-order valence-electron chi connectivity index (χ4n) is 5.22. The van der Waals surface area contributed by atoms with Crippen molar-refractivity contribution in [2.45, 2.75) is 103 Å². The van der Waals surface area contributed by atoms with E-state index in [1.165, 1.54) is 4.90 Å². The molecule has 1 saturated heterocycles. The minimum atomic E-state index is -0.700. The maximum atomic E-state index is 13.0. The lowest BCUT2D eigenvalue weighted by Gasteiger charge is -2.29. The summed E-state index contributed by atoms with van der Waals surface area (Å²) in [7, 11) is 0. The average molecular weight is 598 g/mol. The molecule has 0 saturated carbocycles. The van der Waals surface area contributed by atoms with Crippen molar-refractivity contribution in [1.82, 2.24) is 15.1 Å². The molecule has 2 heterocycles. The Hall–Kier alpha value is -4.12. The van der Waals surface area contributed by atoms with Gasteiger partial charge in [0.05, 0.1) is 0 Å². The smallest absolute Gasteiger partial charge is 0.410 e. The third-order valence-electron chi connectivity index (χ3n) is 7.37. The zero-order valence-corrected chi connectivity index (χ0v) is 25.4. The highest BCUT2D eigenvalue weighted by Gasteiger charge is 2.40. The van der Waals surface area contributed by atoms with Gasteiger partial charge in [0.2, 0.25) is 17.7 Å². The van der Waals surface area contributed by atoms with Crippen molar-refractivity contribution in [3.05, 3.63) is 39.8 Å². The maximum absolute atomic E-state index is 13.0. The molecule has 1 atom stereocenters. The van der Waals surface area contributed by atoms with Gasteiger partial charge in [-0.15, -0.1) is 0 Å². The van der Waals surface area contributed by atoms with Crippen molar-refractivity contribution >= 4 is 35.4 Å². The Balaban J connectivity index is 1.34. The minimum Gasteiger partial charge on any atom is -0.444 e. The summed E-state index contributed by atoms with van der Waals surface area (Å²) in [5.41, 5.74) is 9.65. The van der Waals surface area contributed by atoms with E-state index in [1.54, 1.807) is 23.1 Å². The summed E-state index contributed by atoms with van der Waals surface area (Å²) in [6.45, 7) is 6.71. The highest BCUT2D eigenvalue weighted by Crippen LogP contribution is 2.32. The average Bonchev–Trinajstić information content (AvgIpc) is 3.27. The number of carbonyl (C=O) groups excluding carboxylic acids is 5. The van der Waals surface area contributed by atoms with E-state index < -0.39 is 23.6 Å². The first-order valence-electron chi connectivity index (χ1n) is 15.1. The van der Waals surface area contributed by atoms with Crippen LogP contribution in [0.3, 0.4) is 0 Å². The molecule has 0 spiro atoms. The number of nitrogens with one attached hydrogen (secondary N) is 2. The van der Waals surface area contributed by atoms with Crippen molar-refractivity contribution in [3.8, 4) is 0 Å². The molecule has 2 aliphatic rings. The van der Waals surface area contributed by atoms with Crippen LogP contribution < -0.4 is 10.6 Å². The molecular weight excluding hydrogens is 554 g/mol. The van der Waals surface area contributed by atoms with Gasteiger partial charge in [0.1, 0.15) is 11.6 Å². The van der Waals surface area contributed by atoms with Crippen LogP contribution in [-0.4, -0.2) is 70.8 Å². The summed E-state index contributed by atoms with van der Waals surface area (Å²) in [6.07, 6.45) is 6.90. The largest absolute Gasteiger partial charge is 0.444 e. The van der Waals surface area contributed by atoms with Gasteiger partial charge in [0, 0.05) is 60.7 Å². The monoisotopic (exact) mass is 597 g/mol. The summed E-state index contributed by atoms with van der Waals surface area (Å²) in [5, 5.41) is 8.75. The van der Waals surface area contributed by atoms with Gasteiger partial charge < -0.3 is 19.9 Å². The Morgan fingerprint density at radius 3 is 2.47 bits per heavy atom. The van der Waals surface area contributed by atoms with E-state index >= 15 is 0 Å². The Kier molecular flexibility index (Phi) is 12.4. The molecule has 0 aromatic heterocycles. The van der Waals surface area contributed by atoms with E-state index in [0.717, 1.165) is 44.9 Å². The van der Waals surface area contributed by atoms with Gasteiger partial charge >= 0.3 is 6.09 Å². The fourth-order valence-corrected chi connectivity index (χ4v) is 5.22. The Morgan fingerprint density at radius 2 is 1.79 bits per heavy atom. The van der Waals surface area contributed by atoms with Crippen molar-refractivity contribution in [3.63, 3.8) is 0 Å². The van der Waals surface area contributed by atoms with Crippen molar-refractivity contribution in [1.29, 1.82) is 0 Å². The molecule has 0 bridgehead atoms. The summed E-state index contributed by atoms with van der Waals surface area (Å²) < 4.78 is 5.45. The van der Waals surface area contributed by atoms with Gasteiger partial charge in [0.15, 0.2) is 0 Å². The van der Waals surface area contributed by atoms with Gasteiger partial charge in [-0.1, -0.05) is 43.3 Å². The zero-order valence-electron chi connectivity index (χ0n) is 25.4. The SMILES string of the molecule is CC(C)(C)OC(=O)N(CCCCCCCCCC(=O)Nc1cccc2c1CN(C1CCC(=O)NC1=O)C2=O)CCN=[N+]=[N-]. The predicted octanol–water partition coefficient (Wildman–Crippen LogP) is 5.05. The first-order valence-corrected chi connectivity index (χ1v) is 15.1. The van der Waals surface area contributed by atoms with Crippen LogP contribution in [0.4, 0.5) is 10.5 Å². The maximum Gasteiger partial charge on any atom is 0.410 e. The molecular formula is C30H43N7O6. The fraction of sp³-hybridized carbons (Fsp3) is 0.633. The molecule has 13 heteroatoms. The van der Waals surface area contributed by atoms with Crippen LogP contribution in [0.5, 0.6) is 0 Å². The topological polar surface area (TPSA) is 174 Å². The molecule has 0 aliphatic carbocycles. The number of carbonyl (C=O) groups is 5. The standard InChI is InChI=1S/C30H43N7O6/c1-30(2,3)43-29(42)36(19-17-32-35-31)18-10-8-6-4-5-7-9-14-25(38)33-23-13-11-12-21-22(23)20-37(28(21)41)24-15-16-26(39)34-27(24)40/h11-13,24H,4-10,14-20H2,1-3H3,(H,33,38)(H,34,39,40). The Bertz CT molecular complexity index is 1240. The van der Waals surface area contributed by atoms with E-state index in [-0.39, 0.29) is 43.7 Å². The van der Waals surface area contributed by atoms with E-state index in [1.807, 2.05) is 20.8 Å². The number of ether oxygens (including phenoxy) is 1. The number of piperidine rings is 1. The molecule has 43 heavy (non-hydrogen) atoms. The van der Waals surface area contributed by atoms with Gasteiger partial charge in [-0.05, 0) is 57.7 Å². The van der Waals surface area contributed by atoms with E-state index in [9.17, 15) is 24.0 Å². The van der Waals surface area contributed by atoms with Crippen molar-refractivity contribution < 1.29 is 28.7 Å². The first-order chi connectivity index (χ1) is 20.5. The van der Waals surface area contributed by atoms with Gasteiger partial charge in [0.25, 0.3) is 5.91 Å². The van der Waals surface area contributed by atoms with E-state index in [2.05, 4.69) is 20.7 Å². The Morgan fingerprint density at radius 1 is 1.09 bits per heavy atom. The number of unbranched alkanes of at least 4 members (excludes halogenated alkanes) is 6. The predicted molar refractivity (Wildman–Crippen MR) is 160 cm³/mol. The summed E-state index contributed by atoms with van der Waals surface area (Å²) in [6, 6.07) is 4.47. The van der Waals surface area contributed by atoms with Crippen LogP contribution in [-0.2, 0) is 25.7 Å². The lowest BCUT2D eigenvalue weighted by molar-refractivity contribution is -0.137. The number of nitrogens with zero attached hydrogens (tertiary/aromatic N) is 5. The number of anilines is 1. The number of hydrogen-bond donors (Lipinski definition) is 2. The molecule has 0 radical (unpaired) electrons. The number of rotatable bonds is 15. The van der Waals surface area contributed by atoms with Crippen LogP contribution in [0, 0.1) is 0 Å². The molecule has 5 amide bonds. The van der Waals surface area contributed by atoms with Gasteiger partial charge in [-0.2, -0.15) is 0 Å². The van der Waals surface area contributed by atoms with E-state index in [4.69, 9.17) is 10.3 Å². The molecule has 3 rings (SSSR count). The highest BCUT2D eigenvalue weighted by atomic mass is 16.6. The normalized spacial score (nSPS) is 16.3. The van der Waals surface area contributed by atoms with E-state index in [0.29, 0.717) is 36.3 Å². The second-order valence-corrected chi connectivity index (χ2v) is 11.9. The van der Waals surface area contributed by atoms with Crippen LogP contribution >= 0.6 is 0 Å². The number of benzene rings is 1. The molecule has 234 valence electrons. The third-order valence-corrected chi connectivity index (χ3v) is 7.37. The van der Waals surface area contributed by atoms with Gasteiger partial charge in [-0.3, -0.25) is 24.5 Å². The van der Waals surface area contributed by atoms with Crippen LogP contribution in [0.25, 0.3) is 10.4 Å². The minimum absolute atomic E-state index is 0.122. The molecule has 1 aromatic rings. The van der Waals surface area contributed by atoms with Crippen molar-refractivity contribution in [2.24, 2.45) is 5.11 Å². The lowest BCUT2D eigenvalue weighted by atomic mass is 10.0. The Labute approximate surface area is 252 Å². The number of azide groups is 1. The molecule has 1 unspecified atom stereocenters. The highest BCUT2D eigenvalue weighted by molar-refractivity contribution is 6.06. The summed E-state index contributed by atoms with van der Waals surface area (Å²) >= 11 is 0. The first kappa shape index (κ1) is 33.4. The second kappa shape index (κ2) is 15.9. The summed E-state index contributed by atoms with van der Waals surface area (Å²) in [5.74, 6) is -1.19. The number of imide groups is 1. The zero-order chi connectivity index (χ0) is 31.4. The lowest BCUT2D eigenvalue weighted by Crippen LogP contribution is -2.52. The molecule has 2 aliphatic heterocycles. The molecule has 1 fully saturated rings. The quantitative estimate of drug-likeness (QED) is 0.0940. The van der Waals surface area contributed by atoms with Crippen molar-refractivity contribution in [2.75, 3.05) is 25.0 Å². The summed E-state index contributed by atoms with van der Waals surface area (Å²) in [4.78, 5) is 67.7. The number of amides is 5. The van der Waals surface area contributed by atoms with Gasteiger partial charge in [-0.25, -0.2) is 4.79 Å². The number of hydrogen-bond acceptors (Lipinski definition) is 7. The molecule has 13 nitrogen and oxygen atoms in total.